The van der Waals surface area contributed by atoms with Crippen LogP contribution in [0, 0.1) is 17.8 Å². The number of nitrogens with one attached hydrogen (secondary N) is 1. The molecule has 3 atom stereocenters. The normalized spacial score (nSPS) is 30.8. The zero-order chi connectivity index (χ0) is 12.1. The summed E-state index contributed by atoms with van der Waals surface area (Å²) in [6, 6.07) is 0. The summed E-state index contributed by atoms with van der Waals surface area (Å²) in [7, 11) is 0. The van der Waals surface area contributed by atoms with Gasteiger partial charge in [-0.2, -0.15) is 0 Å². The number of hydrogen-bond donors (Lipinski definition) is 2. The zero-order valence-electron chi connectivity index (χ0n) is 10.5. The van der Waals surface area contributed by atoms with Gasteiger partial charge in [0, 0.05) is 19.5 Å². The number of nitrogens with two attached hydrogens (primary N) is 1. The third-order valence-corrected chi connectivity index (χ3v) is 4.16. The van der Waals surface area contributed by atoms with Crippen molar-refractivity contribution >= 4 is 5.91 Å². The van der Waals surface area contributed by atoms with E-state index in [9.17, 15) is 4.79 Å². The van der Waals surface area contributed by atoms with Crippen LogP contribution in [0.1, 0.15) is 32.1 Å². The molecule has 0 heterocycles. The molecule has 3 unspecified atom stereocenters. The van der Waals surface area contributed by atoms with Gasteiger partial charge < -0.3 is 15.8 Å². The molecule has 2 aliphatic carbocycles. The number of rotatable bonds is 7. The smallest absolute Gasteiger partial charge is 0.220 e. The van der Waals surface area contributed by atoms with Crippen LogP contribution in [0.15, 0.2) is 0 Å². The number of hydrogen-bond acceptors (Lipinski definition) is 3. The minimum absolute atomic E-state index is 0.193. The van der Waals surface area contributed by atoms with Crippen LogP contribution >= 0.6 is 0 Å². The Morgan fingerprint density at radius 3 is 2.82 bits per heavy atom. The summed E-state index contributed by atoms with van der Waals surface area (Å²) >= 11 is 0. The Morgan fingerprint density at radius 1 is 1.29 bits per heavy atom. The summed E-state index contributed by atoms with van der Waals surface area (Å²) in [5, 5.41) is 2.92. The molecule has 0 radical (unpaired) electrons. The van der Waals surface area contributed by atoms with E-state index in [4.69, 9.17) is 10.5 Å². The van der Waals surface area contributed by atoms with Gasteiger partial charge in [0.15, 0.2) is 0 Å². The number of carbonyl (C=O) groups excluding carboxylic acids is 1. The summed E-state index contributed by atoms with van der Waals surface area (Å²) in [5.74, 6) is 2.60. The van der Waals surface area contributed by atoms with Gasteiger partial charge in [0.25, 0.3) is 0 Å². The predicted molar refractivity (Wildman–Crippen MR) is 66.4 cm³/mol. The Morgan fingerprint density at radius 2 is 2.18 bits per heavy atom. The van der Waals surface area contributed by atoms with Crippen LogP contribution in [-0.2, 0) is 9.53 Å². The van der Waals surface area contributed by atoms with Crippen molar-refractivity contribution in [2.45, 2.75) is 32.1 Å². The van der Waals surface area contributed by atoms with E-state index in [1.165, 1.54) is 25.7 Å². The summed E-state index contributed by atoms with van der Waals surface area (Å²) in [4.78, 5) is 11.7. The van der Waals surface area contributed by atoms with E-state index in [1.54, 1.807) is 0 Å². The average Bonchev–Trinajstić information content (AvgIpc) is 2.90. The molecule has 2 fully saturated rings. The van der Waals surface area contributed by atoms with Gasteiger partial charge in [0.1, 0.15) is 0 Å². The molecule has 1 amide bonds. The third-order valence-electron chi connectivity index (χ3n) is 4.16. The number of carbonyl (C=O) groups is 1. The van der Waals surface area contributed by atoms with Gasteiger partial charge in [-0.05, 0) is 37.0 Å². The second-order valence-corrected chi connectivity index (χ2v) is 5.39. The molecule has 0 aromatic heterocycles. The van der Waals surface area contributed by atoms with Crippen molar-refractivity contribution in [3.8, 4) is 0 Å². The molecule has 17 heavy (non-hydrogen) atoms. The highest BCUT2D eigenvalue weighted by Gasteiger charge is 2.39. The molecule has 4 nitrogen and oxygen atoms in total. The maximum absolute atomic E-state index is 11.7. The van der Waals surface area contributed by atoms with E-state index in [0.717, 1.165) is 18.3 Å². The van der Waals surface area contributed by atoms with Crippen molar-refractivity contribution in [2.75, 3.05) is 26.3 Å². The van der Waals surface area contributed by atoms with Crippen molar-refractivity contribution in [3.63, 3.8) is 0 Å². The fourth-order valence-corrected chi connectivity index (χ4v) is 3.38. The van der Waals surface area contributed by atoms with Gasteiger partial charge in [0.05, 0.1) is 13.2 Å². The minimum atomic E-state index is 0.193. The van der Waals surface area contributed by atoms with Gasteiger partial charge in [-0.25, -0.2) is 0 Å². The monoisotopic (exact) mass is 240 g/mol. The summed E-state index contributed by atoms with van der Waals surface area (Å²) < 4.78 is 5.21. The van der Waals surface area contributed by atoms with Gasteiger partial charge >= 0.3 is 0 Å². The van der Waals surface area contributed by atoms with Crippen LogP contribution < -0.4 is 11.1 Å². The van der Waals surface area contributed by atoms with E-state index < -0.39 is 0 Å². The van der Waals surface area contributed by atoms with Gasteiger partial charge in [-0.15, -0.1) is 0 Å². The average molecular weight is 240 g/mol. The largest absolute Gasteiger partial charge is 0.378 e. The molecular formula is C13H24N2O2. The van der Waals surface area contributed by atoms with E-state index in [2.05, 4.69) is 5.32 Å². The highest BCUT2D eigenvalue weighted by Crippen LogP contribution is 2.49. The van der Waals surface area contributed by atoms with Gasteiger partial charge in [-0.1, -0.05) is 6.42 Å². The molecule has 3 N–H and O–H groups in total. The van der Waals surface area contributed by atoms with Crippen molar-refractivity contribution in [3.05, 3.63) is 0 Å². The van der Waals surface area contributed by atoms with Crippen molar-refractivity contribution in [1.82, 2.24) is 5.32 Å². The third kappa shape index (κ3) is 3.68. The zero-order valence-corrected chi connectivity index (χ0v) is 10.5. The van der Waals surface area contributed by atoms with E-state index in [-0.39, 0.29) is 5.91 Å². The molecule has 2 rings (SSSR count). The lowest BCUT2D eigenvalue weighted by atomic mass is 9.86. The Labute approximate surface area is 103 Å². The Kier molecular flexibility index (Phi) is 4.80. The van der Waals surface area contributed by atoms with E-state index >= 15 is 0 Å². The first kappa shape index (κ1) is 12.8. The molecular weight excluding hydrogens is 216 g/mol. The van der Waals surface area contributed by atoms with Gasteiger partial charge in [0.2, 0.25) is 5.91 Å². The standard InChI is InChI=1S/C13H24N2O2/c14-3-5-17-6-4-15-13(16)9-12-8-10-1-2-11(12)7-10/h10-12H,1-9,14H2,(H,15,16). The predicted octanol–water partition coefficient (Wildman–Crippen LogP) is 0.904. The van der Waals surface area contributed by atoms with Crippen molar-refractivity contribution in [1.29, 1.82) is 0 Å². The summed E-state index contributed by atoms with van der Waals surface area (Å²) in [6.07, 6.45) is 6.12. The number of ether oxygens (including phenoxy) is 1. The molecule has 2 saturated carbocycles. The first-order valence-corrected chi connectivity index (χ1v) is 6.84. The highest BCUT2D eigenvalue weighted by atomic mass is 16.5. The topological polar surface area (TPSA) is 64.3 Å². The summed E-state index contributed by atoms with van der Waals surface area (Å²) in [6.45, 7) is 2.29. The molecule has 0 aliphatic heterocycles. The Balaban J connectivity index is 1.55. The summed E-state index contributed by atoms with van der Waals surface area (Å²) in [5.41, 5.74) is 5.30. The van der Waals surface area contributed by atoms with Crippen LogP contribution in [0.25, 0.3) is 0 Å². The quantitative estimate of drug-likeness (QED) is 0.650. The fourth-order valence-electron chi connectivity index (χ4n) is 3.38. The number of amides is 1. The van der Waals surface area contributed by atoms with Gasteiger partial charge in [-0.3, -0.25) is 4.79 Å². The lowest BCUT2D eigenvalue weighted by molar-refractivity contribution is -0.122. The fraction of sp³-hybridized carbons (Fsp3) is 0.923. The molecule has 98 valence electrons. The Bertz CT molecular complexity index is 258. The first-order chi connectivity index (χ1) is 8.29. The second-order valence-electron chi connectivity index (χ2n) is 5.39. The van der Waals surface area contributed by atoms with E-state index in [1.807, 2.05) is 0 Å². The maximum atomic E-state index is 11.7. The molecule has 0 aromatic carbocycles. The molecule has 0 saturated heterocycles. The minimum Gasteiger partial charge on any atom is -0.378 e. The van der Waals surface area contributed by atoms with Crippen LogP contribution in [0.4, 0.5) is 0 Å². The van der Waals surface area contributed by atoms with Crippen LogP contribution in [0.2, 0.25) is 0 Å². The molecule has 4 heteroatoms. The maximum Gasteiger partial charge on any atom is 0.220 e. The first-order valence-electron chi connectivity index (χ1n) is 6.84. The van der Waals surface area contributed by atoms with E-state index in [0.29, 0.717) is 32.2 Å². The van der Waals surface area contributed by atoms with Crippen molar-refractivity contribution < 1.29 is 9.53 Å². The molecule has 0 aromatic rings. The molecule has 2 bridgehead atoms. The van der Waals surface area contributed by atoms with Crippen LogP contribution in [-0.4, -0.2) is 32.2 Å². The lowest BCUT2D eigenvalue weighted by Crippen LogP contribution is -2.30. The molecule has 0 spiro atoms. The molecule has 2 aliphatic rings. The van der Waals surface area contributed by atoms with Crippen LogP contribution in [0.5, 0.6) is 0 Å². The second kappa shape index (κ2) is 6.36. The SMILES string of the molecule is NCCOCCNC(=O)CC1CC2CCC1C2. The highest BCUT2D eigenvalue weighted by molar-refractivity contribution is 5.76. The van der Waals surface area contributed by atoms with Crippen molar-refractivity contribution in [2.24, 2.45) is 23.5 Å². The Hall–Kier alpha value is -0.610. The van der Waals surface area contributed by atoms with Crippen LogP contribution in [0.3, 0.4) is 0 Å². The number of fused-ring (bicyclic) bond motifs is 2. The lowest BCUT2D eigenvalue weighted by Gasteiger charge is -2.20.